The fourth-order valence-electron chi connectivity index (χ4n) is 2.96. The van der Waals surface area contributed by atoms with Gasteiger partial charge in [0, 0.05) is 18.7 Å². The Morgan fingerprint density at radius 3 is 2.36 bits per heavy atom. The SMILES string of the molecule is C=CCC1(CNS(=O)(=O)c2ccc([N+](=O)[O-])cc2)CCCC1. The lowest BCUT2D eigenvalue weighted by Gasteiger charge is -2.27. The molecule has 0 spiro atoms. The molecule has 2 rings (SSSR count). The molecule has 0 saturated heterocycles. The van der Waals surface area contributed by atoms with Gasteiger partial charge in [0.15, 0.2) is 0 Å². The van der Waals surface area contributed by atoms with Crippen molar-refractivity contribution in [2.75, 3.05) is 6.54 Å². The van der Waals surface area contributed by atoms with Gasteiger partial charge in [0.2, 0.25) is 10.0 Å². The van der Waals surface area contributed by atoms with Gasteiger partial charge >= 0.3 is 0 Å². The highest BCUT2D eigenvalue weighted by Gasteiger charge is 2.33. The summed E-state index contributed by atoms with van der Waals surface area (Å²) in [5, 5.41) is 10.6. The van der Waals surface area contributed by atoms with Crippen LogP contribution in [0, 0.1) is 15.5 Å². The molecule has 0 amide bonds. The lowest BCUT2D eigenvalue weighted by atomic mass is 9.83. The average molecular weight is 324 g/mol. The number of hydrogen-bond donors (Lipinski definition) is 1. The number of sulfonamides is 1. The van der Waals surface area contributed by atoms with Crippen LogP contribution in [0.2, 0.25) is 0 Å². The molecule has 6 nitrogen and oxygen atoms in total. The fraction of sp³-hybridized carbons (Fsp3) is 0.467. The molecular weight excluding hydrogens is 304 g/mol. The Labute approximate surface area is 130 Å². The van der Waals surface area contributed by atoms with Crippen LogP contribution in [0.3, 0.4) is 0 Å². The molecule has 0 radical (unpaired) electrons. The van der Waals surface area contributed by atoms with Crippen molar-refractivity contribution in [3.63, 3.8) is 0 Å². The van der Waals surface area contributed by atoms with Crippen molar-refractivity contribution in [1.82, 2.24) is 4.72 Å². The number of benzene rings is 1. The van der Waals surface area contributed by atoms with E-state index in [0.29, 0.717) is 6.54 Å². The number of nitro groups is 1. The maximum absolute atomic E-state index is 12.3. The van der Waals surface area contributed by atoms with E-state index in [9.17, 15) is 18.5 Å². The summed E-state index contributed by atoms with van der Waals surface area (Å²) >= 11 is 0. The molecule has 1 aromatic carbocycles. The summed E-state index contributed by atoms with van der Waals surface area (Å²) in [6, 6.07) is 4.91. The Morgan fingerprint density at radius 1 is 1.27 bits per heavy atom. The first-order chi connectivity index (χ1) is 10.4. The van der Waals surface area contributed by atoms with Crippen LogP contribution in [0.5, 0.6) is 0 Å². The van der Waals surface area contributed by atoms with Crippen molar-refractivity contribution in [2.24, 2.45) is 5.41 Å². The summed E-state index contributed by atoms with van der Waals surface area (Å²) in [5.74, 6) is 0. The van der Waals surface area contributed by atoms with E-state index in [4.69, 9.17) is 0 Å². The topological polar surface area (TPSA) is 89.3 Å². The maximum Gasteiger partial charge on any atom is 0.269 e. The second-order valence-electron chi connectivity index (χ2n) is 5.78. The zero-order valence-electron chi connectivity index (χ0n) is 12.3. The highest BCUT2D eigenvalue weighted by molar-refractivity contribution is 7.89. The zero-order valence-corrected chi connectivity index (χ0v) is 13.1. The predicted octanol–water partition coefficient (Wildman–Crippen LogP) is 3.01. The lowest BCUT2D eigenvalue weighted by Crippen LogP contribution is -2.35. The summed E-state index contributed by atoms with van der Waals surface area (Å²) in [6.07, 6.45) is 6.81. The molecule has 120 valence electrons. The highest BCUT2D eigenvalue weighted by atomic mass is 32.2. The van der Waals surface area contributed by atoms with Gasteiger partial charge in [0.1, 0.15) is 0 Å². The first kappa shape index (κ1) is 16.6. The van der Waals surface area contributed by atoms with Gasteiger partial charge in [-0.1, -0.05) is 18.9 Å². The molecule has 0 aliphatic heterocycles. The molecule has 22 heavy (non-hydrogen) atoms. The van der Waals surface area contributed by atoms with E-state index in [1.165, 1.54) is 24.3 Å². The van der Waals surface area contributed by atoms with Crippen LogP contribution >= 0.6 is 0 Å². The number of nitrogens with zero attached hydrogens (tertiary/aromatic N) is 1. The molecule has 1 aliphatic carbocycles. The van der Waals surface area contributed by atoms with Crippen molar-refractivity contribution in [3.8, 4) is 0 Å². The minimum absolute atomic E-state index is 0.0460. The maximum atomic E-state index is 12.3. The number of rotatable bonds is 7. The highest BCUT2D eigenvalue weighted by Crippen LogP contribution is 2.41. The smallest absolute Gasteiger partial charge is 0.258 e. The Hall–Kier alpha value is -1.73. The third kappa shape index (κ3) is 3.72. The molecule has 7 heteroatoms. The summed E-state index contributed by atoms with van der Waals surface area (Å²) in [6.45, 7) is 4.13. The summed E-state index contributed by atoms with van der Waals surface area (Å²) < 4.78 is 27.3. The van der Waals surface area contributed by atoms with Gasteiger partial charge in [0.25, 0.3) is 5.69 Å². The summed E-state index contributed by atoms with van der Waals surface area (Å²) in [4.78, 5) is 10.1. The summed E-state index contributed by atoms with van der Waals surface area (Å²) in [5.41, 5.74) is -0.173. The predicted molar refractivity (Wildman–Crippen MR) is 84.0 cm³/mol. The number of allylic oxidation sites excluding steroid dienone is 1. The molecule has 0 aromatic heterocycles. The molecule has 1 N–H and O–H groups in total. The van der Waals surface area contributed by atoms with Crippen molar-refractivity contribution in [1.29, 1.82) is 0 Å². The molecule has 1 aromatic rings. The number of hydrogen-bond acceptors (Lipinski definition) is 4. The summed E-state index contributed by atoms with van der Waals surface area (Å²) in [7, 11) is -3.65. The van der Waals surface area contributed by atoms with Crippen LogP contribution in [-0.4, -0.2) is 19.9 Å². The Kier molecular flexibility index (Phi) is 4.97. The van der Waals surface area contributed by atoms with Gasteiger partial charge in [-0.3, -0.25) is 10.1 Å². The van der Waals surface area contributed by atoms with Crippen molar-refractivity contribution in [3.05, 3.63) is 47.0 Å². The van der Waals surface area contributed by atoms with Crippen LogP contribution < -0.4 is 4.72 Å². The minimum Gasteiger partial charge on any atom is -0.258 e. The quantitative estimate of drug-likeness (QED) is 0.474. The lowest BCUT2D eigenvalue weighted by molar-refractivity contribution is -0.384. The first-order valence-corrected chi connectivity index (χ1v) is 8.72. The monoisotopic (exact) mass is 324 g/mol. The van der Waals surface area contributed by atoms with Crippen molar-refractivity contribution >= 4 is 15.7 Å². The number of nitro benzene ring substituents is 1. The van der Waals surface area contributed by atoms with E-state index in [0.717, 1.165) is 32.1 Å². The molecule has 0 heterocycles. The van der Waals surface area contributed by atoms with Gasteiger partial charge in [-0.05, 0) is 36.8 Å². The molecule has 0 unspecified atom stereocenters. The third-order valence-corrected chi connectivity index (χ3v) is 5.65. The largest absolute Gasteiger partial charge is 0.269 e. The van der Waals surface area contributed by atoms with Gasteiger partial charge < -0.3 is 0 Å². The van der Waals surface area contributed by atoms with Crippen LogP contribution in [0.1, 0.15) is 32.1 Å². The Balaban J connectivity index is 2.10. The molecule has 1 saturated carbocycles. The number of non-ortho nitro benzene ring substituents is 1. The zero-order chi connectivity index (χ0) is 16.2. The second-order valence-corrected chi connectivity index (χ2v) is 7.54. The van der Waals surface area contributed by atoms with Crippen molar-refractivity contribution < 1.29 is 13.3 Å². The van der Waals surface area contributed by atoms with Crippen molar-refractivity contribution in [2.45, 2.75) is 37.0 Å². The van der Waals surface area contributed by atoms with E-state index in [1.807, 2.05) is 6.08 Å². The second kappa shape index (κ2) is 6.58. The Bertz CT molecular complexity index is 647. The van der Waals surface area contributed by atoms with Crippen LogP contribution in [0.4, 0.5) is 5.69 Å². The Morgan fingerprint density at radius 2 is 1.86 bits per heavy atom. The standard InChI is InChI=1S/C15H20N2O4S/c1-2-9-15(10-3-4-11-15)12-16-22(20,21)14-7-5-13(6-8-14)17(18)19/h2,5-8,16H,1,3-4,9-12H2. The van der Waals surface area contributed by atoms with Gasteiger partial charge in [-0.15, -0.1) is 6.58 Å². The van der Waals surface area contributed by atoms with Crippen LogP contribution in [0.25, 0.3) is 0 Å². The van der Waals surface area contributed by atoms with E-state index in [-0.39, 0.29) is 16.0 Å². The van der Waals surface area contributed by atoms with Crippen LogP contribution in [-0.2, 0) is 10.0 Å². The molecule has 0 atom stereocenters. The van der Waals surface area contributed by atoms with E-state index in [2.05, 4.69) is 11.3 Å². The van der Waals surface area contributed by atoms with Crippen LogP contribution in [0.15, 0.2) is 41.8 Å². The van der Waals surface area contributed by atoms with E-state index < -0.39 is 14.9 Å². The van der Waals surface area contributed by atoms with E-state index >= 15 is 0 Å². The first-order valence-electron chi connectivity index (χ1n) is 7.24. The number of nitrogens with one attached hydrogen (secondary N) is 1. The third-order valence-electron chi connectivity index (χ3n) is 4.24. The minimum atomic E-state index is -3.65. The molecule has 1 fully saturated rings. The molecular formula is C15H20N2O4S. The van der Waals surface area contributed by atoms with Gasteiger partial charge in [-0.25, -0.2) is 13.1 Å². The molecule has 1 aliphatic rings. The normalized spacial score (nSPS) is 17.3. The van der Waals surface area contributed by atoms with E-state index in [1.54, 1.807) is 0 Å². The van der Waals surface area contributed by atoms with Gasteiger partial charge in [-0.2, -0.15) is 0 Å². The molecule has 0 bridgehead atoms. The van der Waals surface area contributed by atoms with Gasteiger partial charge in [0.05, 0.1) is 9.82 Å². The fourth-order valence-corrected chi connectivity index (χ4v) is 4.12. The average Bonchev–Trinajstić information content (AvgIpc) is 2.95.